The number of hydrogen-bond donors (Lipinski definition) is 2. The van der Waals surface area contributed by atoms with E-state index in [0.717, 1.165) is 11.4 Å². The van der Waals surface area contributed by atoms with Crippen LogP contribution in [0.5, 0.6) is 0 Å². The van der Waals surface area contributed by atoms with Crippen LogP contribution in [-0.2, 0) is 11.2 Å². The fourth-order valence-corrected chi connectivity index (χ4v) is 2.55. The minimum absolute atomic E-state index is 0.410. The molecule has 0 spiro atoms. The van der Waals surface area contributed by atoms with E-state index >= 15 is 0 Å². The normalized spacial score (nSPS) is 18.9. The zero-order valence-electron chi connectivity index (χ0n) is 9.92. The fraction of sp³-hybridized carbons (Fsp3) is 0.600. The summed E-state index contributed by atoms with van der Waals surface area (Å²) in [6, 6.07) is -1.15. The first-order valence-electron chi connectivity index (χ1n) is 5.74. The van der Waals surface area contributed by atoms with Crippen LogP contribution in [0, 0.1) is 0 Å². The van der Waals surface area contributed by atoms with Gasteiger partial charge in [0.2, 0.25) is 5.13 Å². The molecule has 2 heterocycles. The summed E-state index contributed by atoms with van der Waals surface area (Å²) >= 11 is 1.30. The minimum atomic E-state index is -0.964. The Balaban J connectivity index is 2.01. The Hall–Kier alpha value is -1.70. The van der Waals surface area contributed by atoms with Gasteiger partial charge in [0.25, 0.3) is 0 Å². The number of carbonyl (C=O) groups excluding carboxylic acids is 1. The third kappa shape index (κ3) is 2.58. The number of aryl methyl sites for hydroxylation is 1. The molecule has 1 saturated heterocycles. The fourth-order valence-electron chi connectivity index (χ4n) is 1.88. The number of anilines is 1. The van der Waals surface area contributed by atoms with Crippen molar-refractivity contribution in [3.05, 3.63) is 5.01 Å². The molecule has 0 unspecified atom stereocenters. The maximum absolute atomic E-state index is 11.9. The molecule has 98 valence electrons. The monoisotopic (exact) mass is 270 g/mol. The Bertz CT molecular complexity index is 462. The zero-order chi connectivity index (χ0) is 13.1. The molecular weight excluding hydrogens is 256 g/mol. The highest BCUT2D eigenvalue weighted by Gasteiger charge is 2.34. The topological polar surface area (TPSA) is 95.4 Å². The van der Waals surface area contributed by atoms with E-state index in [1.165, 1.54) is 16.2 Å². The van der Waals surface area contributed by atoms with Crippen LogP contribution < -0.4 is 5.32 Å². The number of carboxylic acids is 1. The molecule has 1 aromatic rings. The van der Waals surface area contributed by atoms with E-state index in [1.54, 1.807) is 0 Å². The average Bonchev–Trinajstić information content (AvgIpc) is 2.96. The van der Waals surface area contributed by atoms with Crippen molar-refractivity contribution in [2.45, 2.75) is 32.2 Å². The van der Waals surface area contributed by atoms with E-state index in [-0.39, 0.29) is 0 Å². The van der Waals surface area contributed by atoms with Gasteiger partial charge in [0.05, 0.1) is 0 Å². The molecule has 2 amide bonds. The lowest BCUT2D eigenvalue weighted by molar-refractivity contribution is -0.141. The number of aliphatic carboxylic acids is 1. The summed E-state index contributed by atoms with van der Waals surface area (Å²) in [6.45, 7) is 2.41. The molecule has 0 saturated carbocycles. The van der Waals surface area contributed by atoms with Crippen molar-refractivity contribution in [3.63, 3.8) is 0 Å². The maximum atomic E-state index is 11.9. The van der Waals surface area contributed by atoms with Crippen LogP contribution >= 0.6 is 11.3 Å². The van der Waals surface area contributed by atoms with Gasteiger partial charge in [-0.3, -0.25) is 5.32 Å². The molecule has 8 heteroatoms. The van der Waals surface area contributed by atoms with Crippen molar-refractivity contribution >= 4 is 28.5 Å². The molecule has 1 fully saturated rings. The highest BCUT2D eigenvalue weighted by Crippen LogP contribution is 2.20. The first-order chi connectivity index (χ1) is 8.61. The third-order valence-corrected chi connectivity index (χ3v) is 3.76. The molecule has 7 nitrogen and oxygen atoms in total. The molecule has 18 heavy (non-hydrogen) atoms. The van der Waals surface area contributed by atoms with Crippen LogP contribution in [-0.4, -0.2) is 44.8 Å². The number of aromatic nitrogens is 2. The van der Waals surface area contributed by atoms with Gasteiger partial charge >= 0.3 is 12.0 Å². The van der Waals surface area contributed by atoms with Crippen LogP contribution in [0.25, 0.3) is 0 Å². The van der Waals surface area contributed by atoms with Crippen molar-refractivity contribution < 1.29 is 14.7 Å². The summed E-state index contributed by atoms with van der Waals surface area (Å²) in [7, 11) is 0. The number of likely N-dealkylation sites (tertiary alicyclic amines) is 1. The van der Waals surface area contributed by atoms with Crippen LogP contribution in [0.4, 0.5) is 9.93 Å². The quantitative estimate of drug-likeness (QED) is 0.860. The van der Waals surface area contributed by atoms with Gasteiger partial charge in [0.1, 0.15) is 11.0 Å². The highest BCUT2D eigenvalue weighted by atomic mass is 32.1. The van der Waals surface area contributed by atoms with Gasteiger partial charge in [-0.25, -0.2) is 9.59 Å². The van der Waals surface area contributed by atoms with Gasteiger partial charge in [-0.2, -0.15) is 0 Å². The molecular formula is C10H14N4O3S. The second-order valence-corrected chi connectivity index (χ2v) is 5.04. The molecule has 0 bridgehead atoms. The van der Waals surface area contributed by atoms with Crippen LogP contribution in [0.2, 0.25) is 0 Å². The minimum Gasteiger partial charge on any atom is -0.480 e. The summed E-state index contributed by atoms with van der Waals surface area (Å²) in [5, 5.41) is 20.5. The lowest BCUT2D eigenvalue weighted by atomic mass is 10.2. The van der Waals surface area contributed by atoms with E-state index in [2.05, 4.69) is 15.5 Å². The van der Waals surface area contributed by atoms with Crippen molar-refractivity contribution in [2.24, 2.45) is 0 Å². The third-order valence-electron chi connectivity index (χ3n) is 2.78. The average molecular weight is 270 g/mol. The standard InChI is InChI=1S/C10H14N4O3S/c1-2-7-12-13-9(18-7)11-10(17)14-5-3-4-6(14)8(15)16/h6H,2-5H2,1H3,(H,15,16)(H,11,13,17)/t6-/m1/s1. The first kappa shape index (κ1) is 12.7. The Kier molecular flexibility index (Phi) is 3.75. The molecule has 1 atom stereocenters. The summed E-state index contributed by atoms with van der Waals surface area (Å²) in [4.78, 5) is 24.2. The van der Waals surface area contributed by atoms with Gasteiger partial charge in [0, 0.05) is 6.54 Å². The predicted octanol–water partition coefficient (Wildman–Crippen LogP) is 1.18. The second kappa shape index (κ2) is 5.30. The van der Waals surface area contributed by atoms with Gasteiger partial charge in [-0.1, -0.05) is 18.3 Å². The Morgan fingerprint density at radius 2 is 2.33 bits per heavy atom. The van der Waals surface area contributed by atoms with Crippen molar-refractivity contribution in [1.82, 2.24) is 15.1 Å². The summed E-state index contributed by atoms with van der Waals surface area (Å²) in [5.74, 6) is -0.964. The molecule has 1 aliphatic heterocycles. The van der Waals surface area contributed by atoms with Crippen LogP contribution in [0.15, 0.2) is 0 Å². The number of urea groups is 1. The number of carboxylic acid groups (broad SMARTS) is 1. The van der Waals surface area contributed by atoms with Crippen LogP contribution in [0.1, 0.15) is 24.8 Å². The predicted molar refractivity (Wildman–Crippen MR) is 65.7 cm³/mol. The molecule has 1 aliphatic rings. The molecule has 0 radical (unpaired) electrons. The molecule has 0 aliphatic carbocycles. The lowest BCUT2D eigenvalue weighted by Gasteiger charge is -2.20. The SMILES string of the molecule is CCc1nnc(NC(=O)N2CCC[C@@H]2C(=O)O)s1. The number of nitrogens with zero attached hydrogens (tertiary/aromatic N) is 3. The van der Waals surface area contributed by atoms with Crippen molar-refractivity contribution in [1.29, 1.82) is 0 Å². The molecule has 2 N–H and O–H groups in total. The van der Waals surface area contributed by atoms with E-state index in [1.807, 2.05) is 6.92 Å². The molecule has 0 aromatic carbocycles. The largest absolute Gasteiger partial charge is 0.480 e. The smallest absolute Gasteiger partial charge is 0.326 e. The van der Waals surface area contributed by atoms with Gasteiger partial charge in [-0.05, 0) is 19.3 Å². The Labute approximate surface area is 108 Å². The van der Waals surface area contributed by atoms with Gasteiger partial charge in [-0.15, -0.1) is 10.2 Å². The van der Waals surface area contributed by atoms with E-state index in [9.17, 15) is 9.59 Å². The van der Waals surface area contributed by atoms with Crippen LogP contribution in [0.3, 0.4) is 0 Å². The van der Waals surface area contributed by atoms with E-state index < -0.39 is 18.0 Å². The molecule has 2 rings (SSSR count). The summed E-state index contributed by atoms with van der Waals surface area (Å²) in [5.41, 5.74) is 0. The Morgan fingerprint density at radius 3 is 2.94 bits per heavy atom. The van der Waals surface area contributed by atoms with E-state index in [4.69, 9.17) is 5.11 Å². The number of carbonyl (C=O) groups is 2. The van der Waals surface area contributed by atoms with Gasteiger partial charge < -0.3 is 10.0 Å². The molecule has 1 aromatic heterocycles. The number of hydrogen-bond acceptors (Lipinski definition) is 5. The number of rotatable bonds is 3. The van der Waals surface area contributed by atoms with Crippen molar-refractivity contribution in [2.75, 3.05) is 11.9 Å². The zero-order valence-corrected chi connectivity index (χ0v) is 10.7. The highest BCUT2D eigenvalue weighted by molar-refractivity contribution is 7.15. The summed E-state index contributed by atoms with van der Waals surface area (Å²) < 4.78 is 0. The van der Waals surface area contributed by atoms with Gasteiger partial charge in [0.15, 0.2) is 0 Å². The van der Waals surface area contributed by atoms with Crippen molar-refractivity contribution in [3.8, 4) is 0 Å². The maximum Gasteiger partial charge on any atom is 0.326 e. The second-order valence-electron chi connectivity index (χ2n) is 3.97. The Morgan fingerprint density at radius 1 is 1.56 bits per heavy atom. The lowest BCUT2D eigenvalue weighted by Crippen LogP contribution is -2.42. The number of nitrogens with one attached hydrogen (secondary N) is 1. The first-order valence-corrected chi connectivity index (χ1v) is 6.56. The summed E-state index contributed by atoms with van der Waals surface area (Å²) in [6.07, 6.45) is 1.97. The van der Waals surface area contributed by atoms with E-state index in [0.29, 0.717) is 24.5 Å². The number of amides is 2.